The van der Waals surface area contributed by atoms with Crippen LogP contribution in [-0.4, -0.2) is 22.0 Å². The molecule has 2 aromatic rings. The Kier molecular flexibility index (Phi) is 4.22. The molecule has 0 aliphatic heterocycles. The second-order valence-electron chi connectivity index (χ2n) is 4.84. The molecular weight excluding hydrogens is 285 g/mol. The topological polar surface area (TPSA) is 47.3 Å². The van der Waals surface area contributed by atoms with Crippen molar-refractivity contribution in [3.8, 4) is 5.75 Å². The first-order chi connectivity index (χ1) is 9.86. The molecule has 1 unspecified atom stereocenters. The third kappa shape index (κ3) is 2.73. The van der Waals surface area contributed by atoms with Crippen molar-refractivity contribution in [3.63, 3.8) is 0 Å². The molecule has 114 valence electrons. The highest BCUT2D eigenvalue weighted by atomic mass is 19.2. The number of hydrogen-bond donors (Lipinski definition) is 1. The van der Waals surface area contributed by atoms with Crippen molar-refractivity contribution in [2.24, 2.45) is 0 Å². The molecule has 0 saturated heterocycles. The van der Waals surface area contributed by atoms with Crippen molar-refractivity contribution >= 4 is 0 Å². The number of rotatable bonds is 4. The predicted octanol–water partition coefficient (Wildman–Crippen LogP) is 2.97. The van der Waals surface area contributed by atoms with Crippen LogP contribution in [-0.2, 0) is 0 Å². The largest absolute Gasteiger partial charge is 0.493 e. The van der Waals surface area contributed by atoms with E-state index in [1.54, 1.807) is 0 Å². The molecule has 0 radical (unpaired) electrons. The summed E-state index contributed by atoms with van der Waals surface area (Å²) in [5.74, 6) is -4.02. The quantitative estimate of drug-likeness (QED) is 0.883. The van der Waals surface area contributed by atoms with Crippen LogP contribution in [0.3, 0.4) is 0 Å². The van der Waals surface area contributed by atoms with Crippen LogP contribution in [0.4, 0.5) is 13.2 Å². The number of ether oxygens (including phenoxy) is 1. The number of benzene rings is 1. The van der Waals surface area contributed by atoms with Crippen molar-refractivity contribution in [3.05, 3.63) is 47.0 Å². The number of aliphatic hydroxyl groups is 1. The van der Waals surface area contributed by atoms with Gasteiger partial charge in [0.05, 0.1) is 13.3 Å². The van der Waals surface area contributed by atoms with E-state index in [0.717, 1.165) is 12.1 Å². The van der Waals surface area contributed by atoms with E-state index >= 15 is 0 Å². The number of halogens is 3. The van der Waals surface area contributed by atoms with Gasteiger partial charge in [-0.1, -0.05) is 0 Å². The fourth-order valence-corrected chi connectivity index (χ4v) is 2.08. The van der Waals surface area contributed by atoms with E-state index in [1.165, 1.54) is 18.0 Å². The summed E-state index contributed by atoms with van der Waals surface area (Å²) >= 11 is 0. The highest BCUT2D eigenvalue weighted by Gasteiger charge is 2.25. The predicted molar refractivity (Wildman–Crippen MR) is 69.5 cm³/mol. The molecule has 0 amide bonds. The zero-order valence-electron chi connectivity index (χ0n) is 11.8. The van der Waals surface area contributed by atoms with Gasteiger partial charge in [-0.2, -0.15) is 5.10 Å². The van der Waals surface area contributed by atoms with Gasteiger partial charge < -0.3 is 9.84 Å². The third-order valence-corrected chi connectivity index (χ3v) is 3.09. The van der Waals surface area contributed by atoms with Gasteiger partial charge in [0, 0.05) is 6.04 Å². The first-order valence-electron chi connectivity index (χ1n) is 6.30. The lowest BCUT2D eigenvalue weighted by Crippen LogP contribution is -2.13. The molecular formula is C14H15F3N2O2. The molecule has 0 fully saturated rings. The second kappa shape index (κ2) is 5.77. The molecule has 0 spiro atoms. The number of nitrogens with zero attached hydrogens (tertiary/aromatic N) is 2. The van der Waals surface area contributed by atoms with Crippen LogP contribution in [0.1, 0.15) is 37.3 Å². The smallest absolute Gasteiger partial charge is 0.194 e. The van der Waals surface area contributed by atoms with E-state index in [1.807, 2.05) is 13.8 Å². The van der Waals surface area contributed by atoms with E-state index in [2.05, 4.69) is 5.10 Å². The van der Waals surface area contributed by atoms with Crippen molar-refractivity contribution < 1.29 is 23.0 Å². The van der Waals surface area contributed by atoms with E-state index in [9.17, 15) is 18.3 Å². The van der Waals surface area contributed by atoms with Crippen LogP contribution in [0.5, 0.6) is 5.75 Å². The summed E-state index contributed by atoms with van der Waals surface area (Å²) in [6, 6.07) is 1.40. The standard InChI is InChI=1S/C14H15F3N2O2/c1-7(2)19-13(11(21-3)6-18-19)14(20)8-4-9(15)12(17)10(16)5-8/h4-7,14,20H,1-3H3. The van der Waals surface area contributed by atoms with E-state index in [-0.39, 0.29) is 23.0 Å². The summed E-state index contributed by atoms with van der Waals surface area (Å²) in [5.41, 5.74) is 0.130. The minimum absolute atomic E-state index is 0.103. The highest BCUT2D eigenvalue weighted by Crippen LogP contribution is 2.32. The summed E-state index contributed by atoms with van der Waals surface area (Å²) in [5, 5.41) is 14.4. The summed E-state index contributed by atoms with van der Waals surface area (Å²) in [6.07, 6.45) is 0.00358. The molecule has 21 heavy (non-hydrogen) atoms. The SMILES string of the molecule is COc1cnn(C(C)C)c1C(O)c1cc(F)c(F)c(F)c1. The van der Waals surface area contributed by atoms with Crippen molar-refractivity contribution in [2.75, 3.05) is 7.11 Å². The maximum atomic E-state index is 13.3. The first-order valence-corrected chi connectivity index (χ1v) is 6.30. The molecule has 1 N–H and O–H groups in total. The summed E-state index contributed by atoms with van der Waals surface area (Å²) in [4.78, 5) is 0. The fraction of sp³-hybridized carbons (Fsp3) is 0.357. The van der Waals surface area contributed by atoms with Gasteiger partial charge in [-0.15, -0.1) is 0 Å². The number of aromatic nitrogens is 2. The van der Waals surface area contributed by atoms with Gasteiger partial charge in [0.1, 0.15) is 11.8 Å². The van der Waals surface area contributed by atoms with Crippen molar-refractivity contribution in [2.45, 2.75) is 26.0 Å². The van der Waals surface area contributed by atoms with Crippen molar-refractivity contribution in [1.82, 2.24) is 9.78 Å². The molecule has 0 bridgehead atoms. The molecule has 7 heteroatoms. The molecule has 2 rings (SSSR count). The second-order valence-corrected chi connectivity index (χ2v) is 4.84. The molecule has 4 nitrogen and oxygen atoms in total. The third-order valence-electron chi connectivity index (χ3n) is 3.09. The maximum absolute atomic E-state index is 13.3. The average molecular weight is 300 g/mol. The molecule has 1 aromatic carbocycles. The first kappa shape index (κ1) is 15.4. The molecule has 0 aliphatic rings. The molecule has 1 aromatic heterocycles. The zero-order chi connectivity index (χ0) is 15.7. The summed E-state index contributed by atoms with van der Waals surface area (Å²) < 4.78 is 46.2. The van der Waals surface area contributed by atoms with Crippen LogP contribution in [0.2, 0.25) is 0 Å². The van der Waals surface area contributed by atoms with Gasteiger partial charge in [0.2, 0.25) is 0 Å². The number of methoxy groups -OCH3 is 1. The monoisotopic (exact) mass is 300 g/mol. The van der Waals surface area contributed by atoms with Crippen molar-refractivity contribution in [1.29, 1.82) is 0 Å². The van der Waals surface area contributed by atoms with Gasteiger partial charge in [0.25, 0.3) is 0 Å². The molecule has 1 atom stereocenters. The Morgan fingerprint density at radius 3 is 2.24 bits per heavy atom. The Balaban J connectivity index is 2.54. The molecule has 1 heterocycles. The van der Waals surface area contributed by atoms with Gasteiger partial charge in [0.15, 0.2) is 23.2 Å². The van der Waals surface area contributed by atoms with E-state index < -0.39 is 23.6 Å². The Hall–Kier alpha value is -2.02. The summed E-state index contributed by atoms with van der Waals surface area (Å²) in [6.45, 7) is 3.66. The minimum atomic E-state index is -1.57. The van der Waals surface area contributed by atoms with Crippen LogP contribution in [0.25, 0.3) is 0 Å². The van der Waals surface area contributed by atoms with Crippen LogP contribution >= 0.6 is 0 Å². The van der Waals surface area contributed by atoms with Gasteiger partial charge in [-0.3, -0.25) is 4.68 Å². The Morgan fingerprint density at radius 1 is 1.19 bits per heavy atom. The van der Waals surface area contributed by atoms with Gasteiger partial charge in [-0.05, 0) is 31.5 Å². The molecule has 0 saturated carbocycles. The molecule has 0 aliphatic carbocycles. The van der Waals surface area contributed by atoms with Gasteiger partial charge >= 0.3 is 0 Å². The Bertz CT molecular complexity index is 633. The lowest BCUT2D eigenvalue weighted by atomic mass is 10.0. The number of hydrogen-bond acceptors (Lipinski definition) is 3. The number of aliphatic hydroxyl groups excluding tert-OH is 1. The fourth-order valence-electron chi connectivity index (χ4n) is 2.08. The highest BCUT2D eigenvalue weighted by molar-refractivity contribution is 5.35. The Labute approximate surface area is 119 Å². The van der Waals surface area contributed by atoms with E-state index in [4.69, 9.17) is 4.74 Å². The average Bonchev–Trinajstić information content (AvgIpc) is 2.87. The maximum Gasteiger partial charge on any atom is 0.194 e. The minimum Gasteiger partial charge on any atom is -0.493 e. The van der Waals surface area contributed by atoms with E-state index in [0.29, 0.717) is 0 Å². The van der Waals surface area contributed by atoms with Crippen LogP contribution in [0.15, 0.2) is 18.3 Å². The van der Waals surface area contributed by atoms with Gasteiger partial charge in [-0.25, -0.2) is 13.2 Å². The normalized spacial score (nSPS) is 12.8. The summed E-state index contributed by atoms with van der Waals surface area (Å²) in [7, 11) is 1.39. The lowest BCUT2D eigenvalue weighted by molar-refractivity contribution is 0.198. The Morgan fingerprint density at radius 2 is 1.76 bits per heavy atom. The van der Waals surface area contributed by atoms with Crippen LogP contribution < -0.4 is 4.74 Å². The van der Waals surface area contributed by atoms with Crippen LogP contribution in [0, 0.1) is 17.5 Å². The lowest BCUT2D eigenvalue weighted by Gasteiger charge is -2.17. The zero-order valence-corrected chi connectivity index (χ0v) is 11.8.